The highest BCUT2D eigenvalue weighted by Crippen LogP contribution is 2.23. The van der Waals surface area contributed by atoms with E-state index in [4.69, 9.17) is 9.26 Å². The maximum absolute atomic E-state index is 11.0. The standard InChI is InChI=1S/C14H9BrN2O3S/c15-11-1-2-12(10(5-11)6-18)19-7-13-16-14(17-20-13)9-3-4-21-8-9/h1-6,8H,7H2. The van der Waals surface area contributed by atoms with Gasteiger partial charge in [-0.2, -0.15) is 16.3 Å². The van der Waals surface area contributed by atoms with Crippen LogP contribution in [-0.2, 0) is 6.61 Å². The molecule has 0 radical (unpaired) electrons. The second kappa shape index (κ2) is 6.19. The SMILES string of the molecule is O=Cc1cc(Br)ccc1OCc1nc(-c2ccsc2)no1. The first-order valence-corrected chi connectivity index (χ1v) is 7.72. The zero-order valence-corrected chi connectivity index (χ0v) is 13.1. The van der Waals surface area contributed by atoms with Crippen LogP contribution < -0.4 is 4.74 Å². The molecule has 5 nitrogen and oxygen atoms in total. The molecule has 0 fully saturated rings. The van der Waals surface area contributed by atoms with Crippen LogP contribution in [0.1, 0.15) is 16.2 Å². The molecular formula is C14H9BrN2O3S. The first kappa shape index (κ1) is 14.0. The van der Waals surface area contributed by atoms with E-state index in [0.29, 0.717) is 23.0 Å². The average molecular weight is 365 g/mol. The number of aromatic nitrogens is 2. The number of ether oxygens (including phenoxy) is 1. The van der Waals surface area contributed by atoms with Crippen LogP contribution in [0.25, 0.3) is 11.4 Å². The van der Waals surface area contributed by atoms with Gasteiger partial charge in [-0.05, 0) is 29.6 Å². The first-order valence-electron chi connectivity index (χ1n) is 5.99. The molecule has 0 unspecified atom stereocenters. The molecule has 7 heteroatoms. The molecule has 106 valence electrons. The molecule has 3 rings (SSSR count). The highest BCUT2D eigenvalue weighted by Gasteiger charge is 2.11. The van der Waals surface area contributed by atoms with Crippen LogP contribution in [0.5, 0.6) is 5.75 Å². The minimum atomic E-state index is 0.111. The Morgan fingerprint density at radius 1 is 1.38 bits per heavy atom. The van der Waals surface area contributed by atoms with Crippen molar-refractivity contribution in [1.82, 2.24) is 10.1 Å². The molecule has 0 N–H and O–H groups in total. The predicted molar refractivity (Wildman–Crippen MR) is 81.5 cm³/mol. The average Bonchev–Trinajstić information content (AvgIpc) is 3.16. The van der Waals surface area contributed by atoms with Gasteiger partial charge in [0.25, 0.3) is 5.89 Å². The molecule has 2 heterocycles. The molecular weight excluding hydrogens is 356 g/mol. The Morgan fingerprint density at radius 3 is 3.05 bits per heavy atom. The van der Waals surface area contributed by atoms with Crippen molar-refractivity contribution in [3.05, 3.63) is 51.0 Å². The third-order valence-corrected chi connectivity index (χ3v) is 3.87. The van der Waals surface area contributed by atoms with E-state index in [0.717, 1.165) is 16.3 Å². The van der Waals surface area contributed by atoms with Crippen molar-refractivity contribution < 1.29 is 14.1 Å². The number of benzene rings is 1. The third kappa shape index (κ3) is 3.20. The number of hydrogen-bond donors (Lipinski definition) is 0. The highest BCUT2D eigenvalue weighted by atomic mass is 79.9. The number of halogens is 1. The van der Waals surface area contributed by atoms with Crippen LogP contribution in [0.2, 0.25) is 0 Å². The fraction of sp³-hybridized carbons (Fsp3) is 0.0714. The quantitative estimate of drug-likeness (QED) is 0.641. The Morgan fingerprint density at radius 2 is 2.29 bits per heavy atom. The number of thiophene rings is 1. The summed E-state index contributed by atoms with van der Waals surface area (Å²) in [6.45, 7) is 0.111. The normalized spacial score (nSPS) is 10.5. The number of carbonyl (C=O) groups excluding carboxylic acids is 1. The summed E-state index contributed by atoms with van der Waals surface area (Å²) in [5.74, 6) is 1.36. The van der Waals surface area contributed by atoms with Crippen LogP contribution in [0.15, 0.2) is 44.0 Å². The second-order valence-corrected chi connectivity index (χ2v) is 5.81. The van der Waals surface area contributed by atoms with Crippen molar-refractivity contribution in [3.8, 4) is 17.1 Å². The topological polar surface area (TPSA) is 65.2 Å². The van der Waals surface area contributed by atoms with E-state index in [2.05, 4.69) is 26.1 Å². The van der Waals surface area contributed by atoms with Gasteiger partial charge in [-0.25, -0.2) is 0 Å². The zero-order valence-electron chi connectivity index (χ0n) is 10.7. The maximum Gasteiger partial charge on any atom is 0.264 e. The van der Waals surface area contributed by atoms with Gasteiger partial charge >= 0.3 is 0 Å². The van der Waals surface area contributed by atoms with Gasteiger partial charge in [0, 0.05) is 15.4 Å². The Bertz CT molecular complexity index is 755. The van der Waals surface area contributed by atoms with Crippen LogP contribution in [0.3, 0.4) is 0 Å². The molecule has 0 atom stereocenters. The molecule has 0 aliphatic rings. The molecule has 3 aromatic rings. The molecule has 0 amide bonds. The van der Waals surface area contributed by atoms with E-state index in [9.17, 15) is 4.79 Å². The molecule has 21 heavy (non-hydrogen) atoms. The summed E-state index contributed by atoms with van der Waals surface area (Å²) in [7, 11) is 0. The Labute approximate surface area is 132 Å². The molecule has 2 aromatic heterocycles. The summed E-state index contributed by atoms with van der Waals surface area (Å²) >= 11 is 4.87. The van der Waals surface area contributed by atoms with E-state index in [1.807, 2.05) is 16.8 Å². The van der Waals surface area contributed by atoms with Gasteiger partial charge in [-0.1, -0.05) is 21.1 Å². The molecule has 0 bridgehead atoms. The lowest BCUT2D eigenvalue weighted by atomic mass is 10.2. The van der Waals surface area contributed by atoms with E-state index in [1.165, 1.54) is 0 Å². The van der Waals surface area contributed by atoms with E-state index < -0.39 is 0 Å². The van der Waals surface area contributed by atoms with Crippen molar-refractivity contribution in [1.29, 1.82) is 0 Å². The van der Waals surface area contributed by atoms with Crippen molar-refractivity contribution in [2.45, 2.75) is 6.61 Å². The Kier molecular flexibility index (Phi) is 4.12. The largest absolute Gasteiger partial charge is 0.483 e. The van der Waals surface area contributed by atoms with Gasteiger partial charge in [0.2, 0.25) is 5.82 Å². The summed E-state index contributed by atoms with van der Waals surface area (Å²) in [4.78, 5) is 15.2. The highest BCUT2D eigenvalue weighted by molar-refractivity contribution is 9.10. The number of carbonyl (C=O) groups is 1. The second-order valence-electron chi connectivity index (χ2n) is 4.11. The van der Waals surface area contributed by atoms with Gasteiger partial charge < -0.3 is 9.26 Å². The lowest BCUT2D eigenvalue weighted by Crippen LogP contribution is -1.98. The van der Waals surface area contributed by atoms with Crippen LogP contribution in [0, 0.1) is 0 Å². The summed E-state index contributed by atoms with van der Waals surface area (Å²) < 4.78 is 11.5. The van der Waals surface area contributed by atoms with Crippen LogP contribution >= 0.6 is 27.3 Å². The third-order valence-electron chi connectivity index (χ3n) is 2.70. The number of nitrogens with zero attached hydrogens (tertiary/aromatic N) is 2. The van der Waals surface area contributed by atoms with E-state index in [-0.39, 0.29) is 6.61 Å². The fourth-order valence-corrected chi connectivity index (χ4v) is 2.72. The monoisotopic (exact) mass is 364 g/mol. The number of rotatable bonds is 5. The maximum atomic E-state index is 11.0. The van der Waals surface area contributed by atoms with Gasteiger partial charge in [-0.3, -0.25) is 4.79 Å². The van der Waals surface area contributed by atoms with Crippen molar-refractivity contribution in [2.24, 2.45) is 0 Å². The summed E-state index contributed by atoms with van der Waals surface area (Å²) in [5, 5.41) is 7.77. The lowest BCUT2D eigenvalue weighted by molar-refractivity contribution is 0.111. The van der Waals surface area contributed by atoms with Gasteiger partial charge in [0.15, 0.2) is 12.9 Å². The summed E-state index contributed by atoms with van der Waals surface area (Å²) in [6, 6.07) is 7.11. The smallest absolute Gasteiger partial charge is 0.264 e. The van der Waals surface area contributed by atoms with Crippen molar-refractivity contribution in [2.75, 3.05) is 0 Å². The molecule has 1 aromatic carbocycles. The van der Waals surface area contributed by atoms with Crippen LogP contribution in [-0.4, -0.2) is 16.4 Å². The Balaban J connectivity index is 1.72. The lowest BCUT2D eigenvalue weighted by Gasteiger charge is -2.05. The van der Waals surface area contributed by atoms with E-state index >= 15 is 0 Å². The molecule has 0 saturated heterocycles. The summed E-state index contributed by atoms with van der Waals surface area (Å²) in [6.07, 6.45) is 0.741. The van der Waals surface area contributed by atoms with Crippen molar-refractivity contribution in [3.63, 3.8) is 0 Å². The molecule has 0 spiro atoms. The molecule has 0 aliphatic carbocycles. The van der Waals surface area contributed by atoms with Gasteiger partial charge in [-0.15, -0.1) is 0 Å². The van der Waals surface area contributed by atoms with E-state index in [1.54, 1.807) is 29.5 Å². The number of hydrogen-bond acceptors (Lipinski definition) is 6. The van der Waals surface area contributed by atoms with Gasteiger partial charge in [0.1, 0.15) is 5.75 Å². The van der Waals surface area contributed by atoms with Gasteiger partial charge in [0.05, 0.1) is 5.56 Å². The van der Waals surface area contributed by atoms with Crippen molar-refractivity contribution >= 4 is 33.6 Å². The van der Waals surface area contributed by atoms with Crippen LogP contribution in [0.4, 0.5) is 0 Å². The minimum absolute atomic E-state index is 0.111. The Hall–Kier alpha value is -1.99. The minimum Gasteiger partial charge on any atom is -0.483 e. The predicted octanol–water partition coefficient (Wildman–Crippen LogP) is 3.95. The zero-order chi connectivity index (χ0) is 14.7. The molecule has 0 saturated carbocycles. The number of aldehydes is 1. The first-order chi connectivity index (χ1) is 10.3. The fourth-order valence-electron chi connectivity index (χ4n) is 1.70. The summed E-state index contributed by atoms with van der Waals surface area (Å²) in [5.41, 5.74) is 1.37. The molecule has 0 aliphatic heterocycles.